The lowest BCUT2D eigenvalue weighted by molar-refractivity contribution is 0.0696. The second-order valence-electron chi connectivity index (χ2n) is 13.1. The zero-order chi connectivity index (χ0) is 41.4. The highest BCUT2D eigenvalue weighted by Gasteiger charge is 2.15. The number of aryl methyl sites for hydroxylation is 2. The predicted octanol–water partition coefficient (Wildman–Crippen LogP) is 6.86. The van der Waals surface area contributed by atoms with Crippen LogP contribution in [0.4, 0.5) is 15.8 Å². The fourth-order valence-corrected chi connectivity index (χ4v) is 6.63. The van der Waals surface area contributed by atoms with Crippen LogP contribution in [0.3, 0.4) is 0 Å². The number of aromatic carboxylic acids is 1. The Kier molecular flexibility index (Phi) is 13.8. The number of carboxylic acid groups (broad SMARTS) is 1. The molecule has 2 aromatic heterocycles. The van der Waals surface area contributed by atoms with Gasteiger partial charge in [-0.1, -0.05) is 48.5 Å². The molecule has 0 unspecified atom stereocenters. The summed E-state index contributed by atoms with van der Waals surface area (Å²) in [7, 11) is -6.73. The largest absolute Gasteiger partial charge is 0.478 e. The fourth-order valence-electron chi connectivity index (χ4n) is 5.38. The van der Waals surface area contributed by atoms with Crippen molar-refractivity contribution in [2.75, 3.05) is 22.0 Å². The van der Waals surface area contributed by atoms with Crippen molar-refractivity contribution in [2.45, 2.75) is 39.8 Å². The van der Waals surface area contributed by atoms with Crippen molar-refractivity contribution in [1.29, 1.82) is 0 Å². The van der Waals surface area contributed by atoms with Gasteiger partial charge in [-0.05, 0) is 86.8 Å². The van der Waals surface area contributed by atoms with E-state index in [1.807, 2.05) is 74.5 Å². The molecule has 0 saturated carbocycles. The Hall–Kier alpha value is -5.97. The first kappa shape index (κ1) is 42.8. The normalized spacial score (nSPS) is 12.3. The zero-order valence-corrected chi connectivity index (χ0v) is 33.2. The van der Waals surface area contributed by atoms with Gasteiger partial charge in [0.25, 0.3) is 5.91 Å². The van der Waals surface area contributed by atoms with E-state index in [0.717, 1.165) is 51.5 Å². The van der Waals surface area contributed by atoms with E-state index in [1.165, 1.54) is 6.20 Å². The molecule has 13 nitrogen and oxygen atoms in total. The molecule has 6 N–H and O–H groups in total. The molecule has 2 atom stereocenters. The molecule has 4 aromatic carbocycles. The van der Waals surface area contributed by atoms with Crippen molar-refractivity contribution in [2.24, 2.45) is 5.73 Å². The van der Waals surface area contributed by atoms with Gasteiger partial charge >= 0.3 is 5.97 Å². The summed E-state index contributed by atoms with van der Waals surface area (Å²) in [4.78, 5) is 31.5. The summed E-state index contributed by atoms with van der Waals surface area (Å²) in [5.74, 6) is -1.67. The predicted molar refractivity (Wildman–Crippen MR) is 218 cm³/mol. The summed E-state index contributed by atoms with van der Waals surface area (Å²) in [6.07, 6.45) is 5.06. The number of anilines is 2. The average molecular weight is 803 g/mol. The molecule has 56 heavy (non-hydrogen) atoms. The molecule has 0 aliphatic heterocycles. The minimum atomic E-state index is -3.40. The van der Waals surface area contributed by atoms with Crippen LogP contribution in [0, 0.1) is 19.7 Å². The van der Waals surface area contributed by atoms with E-state index in [4.69, 9.17) is 10.8 Å². The van der Waals surface area contributed by atoms with Crippen LogP contribution in [-0.2, 0) is 20.0 Å². The standard InChI is InChI=1S/C20H21N3O3S.C10H15FN2O2S.C10H7NO2/c1-13-10-15(8-9-18(13)23-27(3,25)26)14(2)22-20(24)17-11-16-6-4-5-7-19(16)21-12-17;1-6-4-8(7(2)12)9(11)5-10(6)13-16(3,14)15;12-10(13)8-5-7-3-1-2-4-9(7)11-6-8/h4-12,14,23H,1-3H3,(H,22,24);4-5,7,13H,12H2,1-3H3;1-6H,(H,12,13)/t14-;7-;/m11./s1. The number of rotatable bonds is 9. The van der Waals surface area contributed by atoms with Crippen molar-refractivity contribution in [3.05, 3.63) is 143 Å². The Labute approximate surface area is 325 Å². The summed E-state index contributed by atoms with van der Waals surface area (Å²) in [5.41, 5.74) is 11.4. The number of hydrogen-bond acceptors (Lipinski definition) is 9. The maximum atomic E-state index is 13.5. The first-order valence-corrected chi connectivity index (χ1v) is 20.8. The van der Waals surface area contributed by atoms with Crippen LogP contribution in [0.25, 0.3) is 21.8 Å². The number of nitrogens with one attached hydrogen (secondary N) is 3. The lowest BCUT2D eigenvalue weighted by Crippen LogP contribution is -2.26. The first-order valence-electron chi connectivity index (χ1n) is 17.1. The van der Waals surface area contributed by atoms with Crippen LogP contribution in [-0.4, -0.2) is 56.3 Å². The van der Waals surface area contributed by atoms with Crippen molar-refractivity contribution in [3.8, 4) is 0 Å². The smallest absolute Gasteiger partial charge is 0.337 e. The number of hydrogen-bond donors (Lipinski definition) is 5. The molecule has 0 aliphatic carbocycles. The number of carbonyl (C=O) groups is 2. The molecule has 0 saturated heterocycles. The molecule has 0 radical (unpaired) electrons. The average Bonchev–Trinajstić information content (AvgIpc) is 3.12. The number of amides is 1. The molecular weight excluding hydrogens is 760 g/mol. The summed E-state index contributed by atoms with van der Waals surface area (Å²) in [6, 6.07) is 25.9. The number of fused-ring (bicyclic) bond motifs is 2. The second kappa shape index (κ2) is 18.1. The van der Waals surface area contributed by atoms with Crippen molar-refractivity contribution in [3.63, 3.8) is 0 Å². The quantitative estimate of drug-likeness (QED) is 0.102. The van der Waals surface area contributed by atoms with E-state index in [0.29, 0.717) is 22.4 Å². The van der Waals surface area contributed by atoms with Crippen molar-refractivity contribution >= 4 is 65.1 Å². The summed E-state index contributed by atoms with van der Waals surface area (Å²) in [6.45, 7) is 7.06. The van der Waals surface area contributed by atoms with Gasteiger partial charge in [0.1, 0.15) is 5.82 Å². The maximum absolute atomic E-state index is 13.5. The van der Waals surface area contributed by atoms with Gasteiger partial charge in [-0.15, -0.1) is 0 Å². The van der Waals surface area contributed by atoms with Crippen LogP contribution in [0.15, 0.2) is 103 Å². The number of carboxylic acids is 1. The number of para-hydroxylation sites is 2. The van der Waals surface area contributed by atoms with Gasteiger partial charge in [0.05, 0.1) is 52.1 Å². The number of benzene rings is 4. The Morgan fingerprint density at radius 1 is 0.714 bits per heavy atom. The van der Waals surface area contributed by atoms with Crippen LogP contribution >= 0.6 is 0 Å². The van der Waals surface area contributed by atoms with Crippen molar-refractivity contribution < 1.29 is 35.9 Å². The molecule has 0 bridgehead atoms. The summed E-state index contributed by atoms with van der Waals surface area (Å²) >= 11 is 0. The number of nitrogens with zero attached hydrogens (tertiary/aromatic N) is 2. The molecule has 6 aromatic rings. The lowest BCUT2D eigenvalue weighted by atomic mass is 10.0. The fraction of sp³-hybridized carbons (Fsp3) is 0.200. The van der Waals surface area contributed by atoms with Crippen molar-refractivity contribution in [1.82, 2.24) is 15.3 Å². The van der Waals surface area contributed by atoms with E-state index < -0.39 is 37.9 Å². The third-order valence-corrected chi connectivity index (χ3v) is 9.39. The van der Waals surface area contributed by atoms with Crippen LogP contribution in [0.1, 0.15) is 68.9 Å². The molecule has 1 amide bonds. The Morgan fingerprint density at radius 3 is 1.73 bits per heavy atom. The van der Waals surface area contributed by atoms with E-state index >= 15 is 0 Å². The zero-order valence-electron chi connectivity index (χ0n) is 31.5. The Balaban J connectivity index is 0.000000204. The number of nitrogens with two attached hydrogens (primary N) is 1. The first-order chi connectivity index (χ1) is 26.2. The minimum absolute atomic E-state index is 0.211. The third kappa shape index (κ3) is 12.3. The minimum Gasteiger partial charge on any atom is -0.478 e. The molecule has 2 heterocycles. The van der Waals surface area contributed by atoms with Crippen LogP contribution in [0.5, 0.6) is 0 Å². The van der Waals surface area contributed by atoms with E-state index in [9.17, 15) is 30.8 Å². The molecule has 0 spiro atoms. The molecule has 0 fully saturated rings. The molecule has 0 aliphatic rings. The van der Waals surface area contributed by atoms with Crippen LogP contribution in [0.2, 0.25) is 0 Å². The Morgan fingerprint density at radius 2 is 1.21 bits per heavy atom. The topological polar surface area (TPSA) is 211 Å². The maximum Gasteiger partial charge on any atom is 0.337 e. The Bertz CT molecular complexity index is 2620. The molecule has 6 rings (SSSR count). The monoisotopic (exact) mass is 802 g/mol. The lowest BCUT2D eigenvalue weighted by Gasteiger charge is -2.17. The SMILES string of the molecule is Cc1cc([C@@H](C)N)c(F)cc1NS(C)(=O)=O.Cc1cc([C@@H](C)NC(=O)c2cnc3ccccc3c2)ccc1NS(C)(=O)=O.O=C(O)c1cnc2ccccc2c1. The highest BCUT2D eigenvalue weighted by Crippen LogP contribution is 2.25. The molecule has 16 heteroatoms. The van der Waals surface area contributed by atoms with Gasteiger partial charge in [-0.3, -0.25) is 24.2 Å². The second-order valence-corrected chi connectivity index (χ2v) is 16.6. The highest BCUT2D eigenvalue weighted by atomic mass is 32.2. The van der Waals surface area contributed by atoms with E-state index in [1.54, 1.807) is 44.3 Å². The molecule has 294 valence electrons. The number of carbonyl (C=O) groups excluding carboxylic acids is 1. The summed E-state index contributed by atoms with van der Waals surface area (Å²) < 4.78 is 63.1. The molecular formula is C40H43FN6O7S2. The van der Waals surface area contributed by atoms with Gasteiger partial charge in [0.2, 0.25) is 20.0 Å². The number of sulfonamides is 2. The summed E-state index contributed by atoms with van der Waals surface area (Å²) in [5, 5.41) is 13.4. The van der Waals surface area contributed by atoms with E-state index in [2.05, 4.69) is 24.7 Å². The highest BCUT2D eigenvalue weighted by molar-refractivity contribution is 7.92. The third-order valence-electron chi connectivity index (χ3n) is 8.21. The van der Waals surface area contributed by atoms with Gasteiger partial charge < -0.3 is 16.2 Å². The number of pyridine rings is 2. The van der Waals surface area contributed by atoms with Gasteiger partial charge in [0.15, 0.2) is 0 Å². The number of halogens is 1. The van der Waals surface area contributed by atoms with Crippen LogP contribution < -0.4 is 20.5 Å². The van der Waals surface area contributed by atoms with Gasteiger partial charge in [-0.25, -0.2) is 26.0 Å². The van der Waals surface area contributed by atoms with Gasteiger partial charge in [-0.2, -0.15) is 0 Å². The van der Waals surface area contributed by atoms with E-state index in [-0.39, 0.29) is 23.2 Å². The van der Waals surface area contributed by atoms with Gasteiger partial charge in [0, 0.05) is 34.8 Å². The number of aromatic nitrogens is 2.